The zero-order chi connectivity index (χ0) is 28.0. The maximum atomic E-state index is 14.4. The second-order valence-corrected chi connectivity index (χ2v) is 10.5. The van der Waals surface area contributed by atoms with Crippen LogP contribution in [0.15, 0.2) is 54.9 Å². The van der Waals surface area contributed by atoms with E-state index in [0.717, 1.165) is 76.8 Å². The number of aromatic amines is 2. The Bertz CT molecular complexity index is 1720. The van der Waals surface area contributed by atoms with Gasteiger partial charge in [0.1, 0.15) is 23.6 Å². The number of imidazole rings is 1. The molecule has 2 aromatic carbocycles. The average Bonchev–Trinajstić information content (AvgIpc) is 3.58. The van der Waals surface area contributed by atoms with Gasteiger partial charge in [0.25, 0.3) is 0 Å². The Morgan fingerprint density at radius 2 is 1.77 bits per heavy atom. The van der Waals surface area contributed by atoms with E-state index in [9.17, 15) is 14.3 Å². The summed E-state index contributed by atoms with van der Waals surface area (Å²) < 4.78 is 19.4. The molecule has 1 aliphatic heterocycles. The quantitative estimate of drug-likeness (QED) is 0.252. The van der Waals surface area contributed by atoms with E-state index >= 15 is 0 Å². The number of piperidine rings is 1. The SMILES string of the molecule is COc1ccc(-c2[nH]c(C3(C)CCN(c4ncnc5[nH]c(-c6ccc(C(=O)O)cc6)cc45)CC3)nc2C)cc1F. The molecule has 1 fully saturated rings. The molecule has 204 valence electrons. The Morgan fingerprint density at radius 1 is 1.05 bits per heavy atom. The Labute approximate surface area is 230 Å². The van der Waals surface area contributed by atoms with Crippen molar-refractivity contribution < 1.29 is 19.0 Å². The van der Waals surface area contributed by atoms with Crippen LogP contribution in [0.2, 0.25) is 0 Å². The highest BCUT2D eigenvalue weighted by atomic mass is 19.1. The molecular weight excluding hydrogens is 511 g/mol. The number of aryl methyl sites for hydroxylation is 1. The third-order valence-corrected chi connectivity index (χ3v) is 7.91. The Balaban J connectivity index is 1.23. The minimum Gasteiger partial charge on any atom is -0.494 e. The van der Waals surface area contributed by atoms with Crippen LogP contribution in [0.25, 0.3) is 33.5 Å². The zero-order valence-corrected chi connectivity index (χ0v) is 22.5. The fourth-order valence-corrected chi connectivity index (χ4v) is 5.42. The average molecular weight is 541 g/mol. The van der Waals surface area contributed by atoms with Crippen LogP contribution < -0.4 is 9.64 Å². The molecule has 40 heavy (non-hydrogen) atoms. The molecule has 10 heteroatoms. The number of carboxylic acid groups (broad SMARTS) is 1. The molecule has 0 atom stereocenters. The summed E-state index contributed by atoms with van der Waals surface area (Å²) in [6.07, 6.45) is 3.28. The van der Waals surface area contributed by atoms with Crippen molar-refractivity contribution >= 4 is 22.8 Å². The number of carbonyl (C=O) groups is 1. The van der Waals surface area contributed by atoms with Crippen molar-refractivity contribution in [1.29, 1.82) is 0 Å². The Morgan fingerprint density at radius 3 is 2.45 bits per heavy atom. The van der Waals surface area contributed by atoms with Gasteiger partial charge in [0, 0.05) is 29.8 Å². The minimum atomic E-state index is -0.955. The van der Waals surface area contributed by atoms with Crippen molar-refractivity contribution in [3.8, 4) is 28.3 Å². The molecule has 6 rings (SSSR count). The van der Waals surface area contributed by atoms with E-state index in [1.54, 1.807) is 36.7 Å². The third-order valence-electron chi connectivity index (χ3n) is 7.91. The summed E-state index contributed by atoms with van der Waals surface area (Å²) in [7, 11) is 1.45. The molecule has 9 nitrogen and oxygen atoms in total. The van der Waals surface area contributed by atoms with E-state index in [2.05, 4.69) is 31.8 Å². The number of carboxylic acids is 1. The van der Waals surface area contributed by atoms with Crippen LogP contribution in [-0.4, -0.2) is 56.2 Å². The van der Waals surface area contributed by atoms with Crippen LogP contribution in [0, 0.1) is 12.7 Å². The van der Waals surface area contributed by atoms with Gasteiger partial charge in [-0.25, -0.2) is 24.1 Å². The molecule has 0 spiro atoms. The smallest absolute Gasteiger partial charge is 0.335 e. The van der Waals surface area contributed by atoms with Crippen molar-refractivity contribution in [2.45, 2.75) is 32.1 Å². The lowest BCUT2D eigenvalue weighted by Crippen LogP contribution is -2.42. The summed E-state index contributed by atoms with van der Waals surface area (Å²) in [6.45, 7) is 5.71. The first-order valence-electron chi connectivity index (χ1n) is 13.1. The number of H-pyrrole nitrogens is 2. The molecule has 4 heterocycles. The molecule has 0 saturated carbocycles. The number of rotatable bonds is 6. The van der Waals surface area contributed by atoms with E-state index in [1.807, 2.05) is 19.1 Å². The Kier molecular flexibility index (Phi) is 6.25. The van der Waals surface area contributed by atoms with Gasteiger partial charge in [0.15, 0.2) is 11.6 Å². The van der Waals surface area contributed by atoms with Crippen molar-refractivity contribution in [3.05, 3.63) is 77.8 Å². The predicted molar refractivity (Wildman–Crippen MR) is 150 cm³/mol. The number of hydrogen-bond donors (Lipinski definition) is 3. The zero-order valence-electron chi connectivity index (χ0n) is 22.5. The molecule has 1 aliphatic rings. The fourth-order valence-electron chi connectivity index (χ4n) is 5.42. The number of anilines is 1. The molecule has 0 unspecified atom stereocenters. The van der Waals surface area contributed by atoms with Crippen LogP contribution in [0.5, 0.6) is 5.75 Å². The second kappa shape index (κ2) is 9.78. The minimum absolute atomic E-state index is 0.175. The molecule has 5 aromatic rings. The van der Waals surface area contributed by atoms with Gasteiger partial charge in [-0.3, -0.25) is 0 Å². The summed E-state index contributed by atoms with van der Waals surface area (Å²) in [5.74, 6) is 0.615. The van der Waals surface area contributed by atoms with E-state index < -0.39 is 11.8 Å². The molecule has 0 radical (unpaired) electrons. The highest BCUT2D eigenvalue weighted by Gasteiger charge is 2.36. The monoisotopic (exact) mass is 540 g/mol. The molecule has 0 aliphatic carbocycles. The van der Waals surface area contributed by atoms with Gasteiger partial charge < -0.3 is 24.7 Å². The van der Waals surface area contributed by atoms with Gasteiger partial charge in [0.05, 0.1) is 29.4 Å². The number of ether oxygens (including phenoxy) is 1. The summed E-state index contributed by atoms with van der Waals surface area (Å²) in [5, 5.41) is 10.1. The summed E-state index contributed by atoms with van der Waals surface area (Å²) >= 11 is 0. The summed E-state index contributed by atoms with van der Waals surface area (Å²) in [6, 6.07) is 13.7. The molecule has 3 aromatic heterocycles. The van der Waals surface area contributed by atoms with Crippen molar-refractivity contribution in [1.82, 2.24) is 24.9 Å². The van der Waals surface area contributed by atoms with Crippen LogP contribution >= 0.6 is 0 Å². The highest BCUT2D eigenvalue weighted by molar-refractivity contribution is 5.93. The summed E-state index contributed by atoms with van der Waals surface area (Å²) in [5.41, 5.74) is 4.91. The predicted octanol–water partition coefficient (Wildman–Crippen LogP) is 5.73. The first kappa shape index (κ1) is 25.5. The maximum absolute atomic E-state index is 14.4. The second-order valence-electron chi connectivity index (χ2n) is 10.5. The number of nitrogens with one attached hydrogen (secondary N) is 2. The number of halogens is 1. The van der Waals surface area contributed by atoms with Gasteiger partial charge in [-0.1, -0.05) is 19.1 Å². The van der Waals surface area contributed by atoms with Crippen molar-refractivity contribution in [2.24, 2.45) is 0 Å². The van der Waals surface area contributed by atoms with Gasteiger partial charge >= 0.3 is 5.97 Å². The molecule has 0 amide bonds. The lowest BCUT2D eigenvalue weighted by atomic mass is 9.79. The van der Waals surface area contributed by atoms with Gasteiger partial charge in [-0.05, 0) is 61.7 Å². The number of aromatic carboxylic acids is 1. The van der Waals surface area contributed by atoms with Crippen LogP contribution in [-0.2, 0) is 5.41 Å². The molecule has 3 N–H and O–H groups in total. The van der Waals surface area contributed by atoms with Gasteiger partial charge in [-0.15, -0.1) is 0 Å². The van der Waals surface area contributed by atoms with E-state index in [4.69, 9.17) is 9.72 Å². The molecule has 0 bridgehead atoms. The first-order valence-corrected chi connectivity index (χ1v) is 13.1. The number of benzene rings is 2. The number of hydrogen-bond acceptors (Lipinski definition) is 6. The van der Waals surface area contributed by atoms with E-state index in [0.29, 0.717) is 0 Å². The van der Waals surface area contributed by atoms with Crippen molar-refractivity contribution in [2.75, 3.05) is 25.1 Å². The molecule has 1 saturated heterocycles. The van der Waals surface area contributed by atoms with Crippen molar-refractivity contribution in [3.63, 3.8) is 0 Å². The normalized spacial score (nSPS) is 14.9. The number of methoxy groups -OCH3 is 1. The van der Waals surface area contributed by atoms with Crippen LogP contribution in [0.4, 0.5) is 10.2 Å². The van der Waals surface area contributed by atoms with E-state index in [1.165, 1.54) is 13.2 Å². The molecular formula is C30H29FN6O3. The largest absolute Gasteiger partial charge is 0.494 e. The summed E-state index contributed by atoms with van der Waals surface area (Å²) in [4.78, 5) is 34.2. The highest BCUT2D eigenvalue weighted by Crippen LogP contribution is 2.38. The lowest BCUT2D eigenvalue weighted by molar-refractivity contribution is 0.0697. The van der Waals surface area contributed by atoms with Crippen LogP contribution in [0.1, 0.15) is 41.6 Å². The standard InChI is InChI=1S/C30H29FN6O3/c1-17-25(20-8-9-24(40-3)22(31)14-20)36-29(34-17)30(2)10-12-37(13-11-30)27-21-15-23(35-26(21)32-16-33-27)18-4-6-19(7-5-18)28(38)39/h4-9,14-16H,10-13H2,1-3H3,(H,34,36)(H,38,39)(H,32,33,35). The van der Waals surface area contributed by atoms with E-state index in [-0.39, 0.29) is 16.7 Å². The first-order chi connectivity index (χ1) is 19.3. The topological polar surface area (TPSA) is 120 Å². The van der Waals surface area contributed by atoms with Gasteiger partial charge in [-0.2, -0.15) is 0 Å². The maximum Gasteiger partial charge on any atom is 0.335 e. The Hall–Kier alpha value is -4.73. The number of fused-ring (bicyclic) bond motifs is 1. The number of nitrogens with zero attached hydrogens (tertiary/aromatic N) is 4. The van der Waals surface area contributed by atoms with Gasteiger partial charge in [0.2, 0.25) is 0 Å². The fraction of sp³-hybridized carbons (Fsp3) is 0.267. The van der Waals surface area contributed by atoms with Crippen LogP contribution in [0.3, 0.4) is 0 Å². The number of aromatic nitrogens is 5. The lowest BCUT2D eigenvalue weighted by Gasteiger charge is -2.38. The third kappa shape index (κ3) is 4.45.